The second-order valence-corrected chi connectivity index (χ2v) is 24.6. The molecule has 2 unspecified atom stereocenters. The number of amides is 1. The van der Waals surface area contributed by atoms with Gasteiger partial charge in [0.15, 0.2) is 0 Å². The standard InChI is InChI=1S/C73H139NO5/c1-3-5-7-9-11-13-15-17-38-43-47-51-55-59-63-67-73(78)79-68-64-60-56-52-48-44-40-37-35-33-31-29-27-25-23-21-19-20-22-24-26-28-30-32-34-36-39-42-46-50-54-58-62-66-72(77)74-70(69-75)71(76)65-61-57-53-49-45-41-18-16-14-12-10-8-6-4-2/h11,13,17,23,25,38,70-71,75-76H,3-10,12,14-16,18-22,24,26-37,39-69H2,1-2H3,(H,74,77)/b13-11-,25-23-,38-17-. The maximum atomic E-state index is 12.5. The Morgan fingerprint density at radius 2 is 0.633 bits per heavy atom. The van der Waals surface area contributed by atoms with Gasteiger partial charge in [-0.1, -0.05) is 333 Å². The lowest BCUT2D eigenvalue weighted by molar-refractivity contribution is -0.143. The number of aliphatic hydroxyl groups excluding tert-OH is 2. The fraction of sp³-hybridized carbons (Fsp3) is 0.890. The topological polar surface area (TPSA) is 95.9 Å². The number of ether oxygens (including phenoxy) is 1. The molecule has 466 valence electrons. The third-order valence-electron chi connectivity index (χ3n) is 16.7. The molecule has 2 atom stereocenters. The highest BCUT2D eigenvalue weighted by Crippen LogP contribution is 2.19. The van der Waals surface area contributed by atoms with Crippen molar-refractivity contribution in [3.63, 3.8) is 0 Å². The molecule has 0 spiro atoms. The number of nitrogens with one attached hydrogen (secondary N) is 1. The zero-order chi connectivity index (χ0) is 57.1. The molecule has 0 bridgehead atoms. The summed E-state index contributed by atoms with van der Waals surface area (Å²) in [5, 5.41) is 23.3. The average molecular weight is 1110 g/mol. The van der Waals surface area contributed by atoms with Crippen molar-refractivity contribution < 1.29 is 24.5 Å². The van der Waals surface area contributed by atoms with E-state index in [1.54, 1.807) is 0 Å². The fourth-order valence-electron chi connectivity index (χ4n) is 11.2. The van der Waals surface area contributed by atoms with Crippen LogP contribution in [0.3, 0.4) is 0 Å². The number of esters is 1. The molecular formula is C73H139NO5. The summed E-state index contributed by atoms with van der Waals surface area (Å²) in [6.07, 6.45) is 87.8. The van der Waals surface area contributed by atoms with Crippen LogP contribution >= 0.6 is 0 Å². The van der Waals surface area contributed by atoms with Gasteiger partial charge in [0.25, 0.3) is 0 Å². The van der Waals surface area contributed by atoms with Gasteiger partial charge in [-0.05, 0) is 83.5 Å². The van der Waals surface area contributed by atoms with Crippen molar-refractivity contribution >= 4 is 11.9 Å². The molecule has 0 aromatic rings. The normalized spacial score (nSPS) is 12.7. The Balaban J connectivity index is 3.34. The van der Waals surface area contributed by atoms with E-state index >= 15 is 0 Å². The summed E-state index contributed by atoms with van der Waals surface area (Å²) in [5.74, 6) is -0.0247. The Kier molecular flexibility index (Phi) is 66.9. The molecule has 0 aliphatic carbocycles. The summed E-state index contributed by atoms with van der Waals surface area (Å²) in [4.78, 5) is 24.6. The molecule has 0 aromatic heterocycles. The minimum Gasteiger partial charge on any atom is -0.466 e. The van der Waals surface area contributed by atoms with Gasteiger partial charge in [0.2, 0.25) is 5.91 Å². The van der Waals surface area contributed by atoms with Gasteiger partial charge >= 0.3 is 5.97 Å². The number of hydrogen-bond acceptors (Lipinski definition) is 5. The lowest BCUT2D eigenvalue weighted by Crippen LogP contribution is -2.45. The second kappa shape index (κ2) is 68.6. The minimum atomic E-state index is -0.662. The van der Waals surface area contributed by atoms with E-state index in [4.69, 9.17) is 4.74 Å². The van der Waals surface area contributed by atoms with E-state index in [0.717, 1.165) is 51.4 Å². The van der Waals surface area contributed by atoms with E-state index in [1.807, 2.05) is 0 Å². The van der Waals surface area contributed by atoms with Crippen LogP contribution in [0, 0.1) is 0 Å². The number of aliphatic hydroxyl groups is 2. The summed E-state index contributed by atoms with van der Waals surface area (Å²) in [7, 11) is 0. The summed E-state index contributed by atoms with van der Waals surface area (Å²) < 4.78 is 5.49. The van der Waals surface area contributed by atoms with Crippen LogP contribution in [0.4, 0.5) is 0 Å². The van der Waals surface area contributed by atoms with E-state index < -0.39 is 12.1 Å². The third kappa shape index (κ3) is 65.1. The van der Waals surface area contributed by atoms with Crippen LogP contribution in [0.2, 0.25) is 0 Å². The van der Waals surface area contributed by atoms with Crippen molar-refractivity contribution in [2.45, 2.75) is 405 Å². The van der Waals surface area contributed by atoms with Gasteiger partial charge in [-0.25, -0.2) is 0 Å². The van der Waals surface area contributed by atoms with Crippen LogP contribution in [0.25, 0.3) is 0 Å². The molecule has 6 heteroatoms. The Labute approximate surface area is 494 Å². The van der Waals surface area contributed by atoms with Crippen LogP contribution < -0.4 is 5.32 Å². The van der Waals surface area contributed by atoms with E-state index in [2.05, 4.69) is 55.6 Å². The van der Waals surface area contributed by atoms with E-state index in [-0.39, 0.29) is 18.5 Å². The number of carbonyl (C=O) groups excluding carboxylic acids is 2. The first-order valence-corrected chi connectivity index (χ1v) is 35.7. The van der Waals surface area contributed by atoms with Gasteiger partial charge in [0.1, 0.15) is 0 Å². The van der Waals surface area contributed by atoms with Crippen LogP contribution in [0.1, 0.15) is 393 Å². The highest BCUT2D eigenvalue weighted by Gasteiger charge is 2.20. The van der Waals surface area contributed by atoms with Crippen molar-refractivity contribution in [3.8, 4) is 0 Å². The number of hydrogen-bond donors (Lipinski definition) is 3. The Bertz CT molecular complexity index is 1280. The SMILES string of the molecule is CCCCC/C=C\C/C=C\CCCCCCCC(=O)OCCCCCCCCCCCCCC/C=C\CCCCCCCCCCCCCCCCCCCC(=O)NC(CO)C(O)CCCCCCCCCCCCCCCC. The predicted octanol–water partition coefficient (Wildman–Crippen LogP) is 23.1. The molecule has 0 heterocycles. The van der Waals surface area contributed by atoms with Crippen molar-refractivity contribution in [2.24, 2.45) is 0 Å². The van der Waals surface area contributed by atoms with Gasteiger partial charge in [-0.2, -0.15) is 0 Å². The number of unbranched alkanes of at least 4 members (excludes halogenated alkanes) is 50. The molecule has 6 nitrogen and oxygen atoms in total. The van der Waals surface area contributed by atoms with Gasteiger partial charge in [-0.15, -0.1) is 0 Å². The molecule has 1 amide bonds. The molecule has 3 N–H and O–H groups in total. The second-order valence-electron chi connectivity index (χ2n) is 24.6. The molecule has 0 aliphatic rings. The van der Waals surface area contributed by atoms with Crippen molar-refractivity contribution in [2.75, 3.05) is 13.2 Å². The maximum absolute atomic E-state index is 12.5. The molecule has 0 radical (unpaired) electrons. The first-order valence-electron chi connectivity index (χ1n) is 35.7. The summed E-state index contributed by atoms with van der Waals surface area (Å²) in [6.45, 7) is 4.95. The largest absolute Gasteiger partial charge is 0.466 e. The van der Waals surface area contributed by atoms with Gasteiger partial charge in [0.05, 0.1) is 25.4 Å². The highest BCUT2D eigenvalue weighted by atomic mass is 16.5. The zero-order valence-corrected chi connectivity index (χ0v) is 53.4. The molecule has 0 fully saturated rings. The fourth-order valence-corrected chi connectivity index (χ4v) is 11.2. The molecular weight excluding hydrogens is 971 g/mol. The minimum absolute atomic E-state index is 0.00494. The number of rotatable bonds is 67. The average Bonchev–Trinajstić information content (AvgIpc) is 3.45. The van der Waals surface area contributed by atoms with Gasteiger partial charge in [0, 0.05) is 12.8 Å². The van der Waals surface area contributed by atoms with Crippen molar-refractivity contribution in [1.82, 2.24) is 5.32 Å². The summed E-state index contributed by atoms with van der Waals surface area (Å²) >= 11 is 0. The molecule has 0 saturated carbocycles. The van der Waals surface area contributed by atoms with E-state index in [1.165, 1.54) is 308 Å². The van der Waals surface area contributed by atoms with Crippen molar-refractivity contribution in [3.05, 3.63) is 36.5 Å². The molecule has 79 heavy (non-hydrogen) atoms. The lowest BCUT2D eigenvalue weighted by Gasteiger charge is -2.22. The lowest BCUT2D eigenvalue weighted by atomic mass is 10.0. The Morgan fingerprint density at radius 1 is 0.354 bits per heavy atom. The Hall–Kier alpha value is -1.92. The molecule has 0 aromatic carbocycles. The molecule has 0 aliphatic heterocycles. The first-order chi connectivity index (χ1) is 39.0. The van der Waals surface area contributed by atoms with Crippen LogP contribution in [0.5, 0.6) is 0 Å². The number of carbonyl (C=O) groups is 2. The Morgan fingerprint density at radius 3 is 1.00 bits per heavy atom. The number of allylic oxidation sites excluding steroid dienone is 6. The monoisotopic (exact) mass is 1110 g/mol. The third-order valence-corrected chi connectivity index (χ3v) is 16.7. The quantitative estimate of drug-likeness (QED) is 0.0320. The smallest absolute Gasteiger partial charge is 0.305 e. The first kappa shape index (κ1) is 77.1. The van der Waals surface area contributed by atoms with Crippen LogP contribution in [0.15, 0.2) is 36.5 Å². The zero-order valence-electron chi connectivity index (χ0n) is 53.4. The predicted molar refractivity (Wildman–Crippen MR) is 347 cm³/mol. The van der Waals surface area contributed by atoms with E-state index in [0.29, 0.717) is 25.9 Å². The summed E-state index contributed by atoms with van der Waals surface area (Å²) in [6, 6.07) is -0.539. The maximum Gasteiger partial charge on any atom is 0.305 e. The van der Waals surface area contributed by atoms with Gasteiger partial charge in [-0.3, -0.25) is 9.59 Å². The molecule has 0 saturated heterocycles. The van der Waals surface area contributed by atoms with Crippen LogP contribution in [-0.4, -0.2) is 47.4 Å². The van der Waals surface area contributed by atoms with E-state index in [9.17, 15) is 19.8 Å². The van der Waals surface area contributed by atoms with Crippen LogP contribution in [-0.2, 0) is 14.3 Å². The highest BCUT2D eigenvalue weighted by molar-refractivity contribution is 5.76. The van der Waals surface area contributed by atoms with Gasteiger partial charge < -0.3 is 20.3 Å². The van der Waals surface area contributed by atoms with Crippen molar-refractivity contribution in [1.29, 1.82) is 0 Å². The summed E-state index contributed by atoms with van der Waals surface area (Å²) in [5.41, 5.74) is 0. The molecule has 0 rings (SSSR count).